The van der Waals surface area contributed by atoms with Gasteiger partial charge in [0, 0.05) is 5.57 Å². The molecule has 0 aromatic heterocycles. The van der Waals surface area contributed by atoms with Gasteiger partial charge in [-0.1, -0.05) is 13.0 Å². The van der Waals surface area contributed by atoms with Crippen LogP contribution in [0.2, 0.25) is 0 Å². The first-order valence-corrected chi connectivity index (χ1v) is 4.59. The quantitative estimate of drug-likeness (QED) is 0.346. The zero-order valence-electron chi connectivity index (χ0n) is 8.17. The van der Waals surface area contributed by atoms with E-state index in [1.165, 1.54) is 0 Å². The fourth-order valence-corrected chi connectivity index (χ4v) is 0.846. The van der Waals surface area contributed by atoms with E-state index in [9.17, 15) is 9.90 Å². The van der Waals surface area contributed by atoms with Crippen LogP contribution in [-0.2, 0) is 14.6 Å². The average Bonchev–Trinajstić information content (AvgIpc) is 2.10. The van der Waals surface area contributed by atoms with Gasteiger partial charge in [0.25, 0.3) is 0 Å². The Kier molecular flexibility index (Phi) is 7.30. The molecule has 75 valence electrons. The maximum atomic E-state index is 10.9. The van der Waals surface area contributed by atoms with Crippen LogP contribution in [0.3, 0.4) is 0 Å². The predicted octanol–water partition coefficient (Wildman–Crippen LogP) is 2.10. The lowest BCUT2D eigenvalue weighted by Gasteiger charge is -2.03. The predicted molar refractivity (Wildman–Crippen MR) is 49.8 cm³/mol. The van der Waals surface area contributed by atoms with Gasteiger partial charge in [0.05, 0.1) is 13.2 Å². The standard InChI is InChI=1S/C10H17O3/c1-9(2)10(12)13-8-6-4-3-5-7-11/h1,3-8H2,2H3. The van der Waals surface area contributed by atoms with Crippen LogP contribution in [0, 0.1) is 0 Å². The third kappa shape index (κ3) is 7.53. The second-order valence-corrected chi connectivity index (χ2v) is 3.03. The summed E-state index contributed by atoms with van der Waals surface area (Å²) in [6.07, 6.45) is 3.42. The number of unbranched alkanes of at least 4 members (excludes halogenated alkanes) is 3. The molecule has 0 heterocycles. The molecule has 0 aromatic rings. The van der Waals surface area contributed by atoms with Gasteiger partial charge in [0.1, 0.15) is 0 Å². The first kappa shape index (κ1) is 12.2. The Morgan fingerprint density at radius 2 is 1.85 bits per heavy atom. The number of rotatable bonds is 7. The molecule has 0 amide bonds. The molecule has 3 nitrogen and oxygen atoms in total. The van der Waals surface area contributed by atoms with Crippen molar-refractivity contribution in [2.24, 2.45) is 0 Å². The SMILES string of the molecule is C=C(C)C(=O)OCCCCCC[O]. The minimum atomic E-state index is -0.330. The van der Waals surface area contributed by atoms with Crippen LogP contribution in [0.1, 0.15) is 32.6 Å². The summed E-state index contributed by atoms with van der Waals surface area (Å²) in [4.78, 5) is 10.9. The Morgan fingerprint density at radius 1 is 1.23 bits per heavy atom. The van der Waals surface area contributed by atoms with Crippen molar-refractivity contribution >= 4 is 5.97 Å². The largest absolute Gasteiger partial charge is 0.462 e. The Hall–Kier alpha value is -0.830. The molecule has 0 rings (SSSR count). The molecule has 0 fully saturated rings. The molecular weight excluding hydrogens is 168 g/mol. The molecule has 0 aromatic carbocycles. The maximum Gasteiger partial charge on any atom is 0.333 e. The van der Waals surface area contributed by atoms with E-state index >= 15 is 0 Å². The maximum absolute atomic E-state index is 10.9. The molecule has 3 heteroatoms. The minimum absolute atomic E-state index is 0.00838. The first-order chi connectivity index (χ1) is 6.18. The third-order valence-corrected chi connectivity index (χ3v) is 1.62. The van der Waals surface area contributed by atoms with E-state index in [4.69, 9.17) is 4.74 Å². The van der Waals surface area contributed by atoms with Crippen molar-refractivity contribution in [2.45, 2.75) is 32.6 Å². The number of carbonyl (C=O) groups is 1. The Labute approximate surface area is 79.4 Å². The molecule has 0 aliphatic heterocycles. The van der Waals surface area contributed by atoms with Crippen molar-refractivity contribution in [2.75, 3.05) is 13.2 Å². The molecule has 0 unspecified atom stereocenters. The van der Waals surface area contributed by atoms with Crippen molar-refractivity contribution in [1.82, 2.24) is 0 Å². The van der Waals surface area contributed by atoms with Gasteiger partial charge in [-0.2, -0.15) is 0 Å². The zero-order valence-corrected chi connectivity index (χ0v) is 8.17. The topological polar surface area (TPSA) is 46.2 Å². The number of esters is 1. The molecule has 0 aliphatic rings. The van der Waals surface area contributed by atoms with Gasteiger partial charge >= 0.3 is 5.97 Å². The van der Waals surface area contributed by atoms with Gasteiger partial charge < -0.3 is 4.74 Å². The number of ether oxygens (including phenoxy) is 1. The lowest BCUT2D eigenvalue weighted by molar-refractivity contribution is -0.139. The summed E-state index contributed by atoms with van der Waals surface area (Å²) in [5.74, 6) is -0.330. The molecule has 0 spiro atoms. The van der Waals surface area contributed by atoms with E-state index in [0.29, 0.717) is 18.6 Å². The van der Waals surface area contributed by atoms with E-state index in [2.05, 4.69) is 6.58 Å². The summed E-state index contributed by atoms with van der Waals surface area (Å²) in [6.45, 7) is 5.52. The summed E-state index contributed by atoms with van der Waals surface area (Å²) in [6, 6.07) is 0. The van der Waals surface area contributed by atoms with Crippen molar-refractivity contribution in [3.63, 3.8) is 0 Å². The molecule has 0 N–H and O–H groups in total. The van der Waals surface area contributed by atoms with E-state index < -0.39 is 0 Å². The van der Waals surface area contributed by atoms with Gasteiger partial charge in [-0.25, -0.2) is 9.90 Å². The first-order valence-electron chi connectivity index (χ1n) is 4.59. The Bertz CT molecular complexity index is 164. The highest BCUT2D eigenvalue weighted by Gasteiger charge is 2.01. The van der Waals surface area contributed by atoms with E-state index in [1.54, 1.807) is 6.92 Å². The third-order valence-electron chi connectivity index (χ3n) is 1.62. The minimum Gasteiger partial charge on any atom is -0.462 e. The van der Waals surface area contributed by atoms with Crippen LogP contribution < -0.4 is 0 Å². The summed E-state index contributed by atoms with van der Waals surface area (Å²) >= 11 is 0. The molecule has 0 saturated carbocycles. The number of carbonyl (C=O) groups excluding carboxylic acids is 1. The van der Waals surface area contributed by atoms with Gasteiger partial charge in [-0.15, -0.1) is 0 Å². The smallest absolute Gasteiger partial charge is 0.333 e. The lowest BCUT2D eigenvalue weighted by atomic mass is 10.2. The molecular formula is C10H17O3. The summed E-state index contributed by atoms with van der Waals surface area (Å²) in [5, 5.41) is 10.1. The van der Waals surface area contributed by atoms with Crippen LogP contribution in [-0.4, -0.2) is 19.2 Å². The number of hydrogen-bond donors (Lipinski definition) is 0. The van der Waals surface area contributed by atoms with E-state index in [0.717, 1.165) is 19.3 Å². The van der Waals surface area contributed by atoms with Gasteiger partial charge in [0.15, 0.2) is 0 Å². The second kappa shape index (κ2) is 7.80. The van der Waals surface area contributed by atoms with Gasteiger partial charge in [-0.05, 0) is 26.2 Å². The summed E-state index contributed by atoms with van der Waals surface area (Å²) in [7, 11) is 0. The fraction of sp³-hybridized carbons (Fsp3) is 0.700. The zero-order chi connectivity index (χ0) is 10.1. The van der Waals surface area contributed by atoms with Crippen LogP contribution in [0.15, 0.2) is 12.2 Å². The van der Waals surface area contributed by atoms with Crippen LogP contribution in [0.5, 0.6) is 0 Å². The van der Waals surface area contributed by atoms with E-state index in [-0.39, 0.29) is 12.6 Å². The molecule has 1 radical (unpaired) electrons. The monoisotopic (exact) mass is 185 g/mol. The van der Waals surface area contributed by atoms with E-state index in [1.807, 2.05) is 0 Å². The van der Waals surface area contributed by atoms with Crippen molar-refractivity contribution < 1.29 is 14.6 Å². The molecule has 13 heavy (non-hydrogen) atoms. The highest BCUT2D eigenvalue weighted by atomic mass is 16.5. The average molecular weight is 185 g/mol. The van der Waals surface area contributed by atoms with Crippen molar-refractivity contribution in [3.8, 4) is 0 Å². The van der Waals surface area contributed by atoms with Gasteiger partial charge in [0.2, 0.25) is 0 Å². The molecule has 0 saturated heterocycles. The highest BCUT2D eigenvalue weighted by Crippen LogP contribution is 2.00. The summed E-state index contributed by atoms with van der Waals surface area (Å²) < 4.78 is 4.87. The highest BCUT2D eigenvalue weighted by molar-refractivity contribution is 5.86. The molecule has 0 atom stereocenters. The van der Waals surface area contributed by atoms with Gasteiger partial charge in [-0.3, -0.25) is 0 Å². The fourth-order valence-electron chi connectivity index (χ4n) is 0.846. The summed E-state index contributed by atoms with van der Waals surface area (Å²) in [5.41, 5.74) is 0.430. The molecule has 0 bridgehead atoms. The number of hydrogen-bond acceptors (Lipinski definition) is 2. The Balaban J connectivity index is 3.16. The van der Waals surface area contributed by atoms with Crippen LogP contribution >= 0.6 is 0 Å². The normalized spacial score (nSPS) is 9.69. The van der Waals surface area contributed by atoms with Crippen LogP contribution in [0.4, 0.5) is 0 Å². The Morgan fingerprint density at radius 3 is 2.38 bits per heavy atom. The van der Waals surface area contributed by atoms with Crippen molar-refractivity contribution in [1.29, 1.82) is 0 Å². The van der Waals surface area contributed by atoms with Crippen LogP contribution in [0.25, 0.3) is 0 Å². The van der Waals surface area contributed by atoms with Crippen molar-refractivity contribution in [3.05, 3.63) is 12.2 Å². The molecule has 0 aliphatic carbocycles. The lowest BCUT2D eigenvalue weighted by Crippen LogP contribution is -2.06. The second-order valence-electron chi connectivity index (χ2n) is 3.03.